The first-order chi connectivity index (χ1) is 16.9. The predicted octanol–water partition coefficient (Wildman–Crippen LogP) is 5.35. The van der Waals surface area contributed by atoms with Gasteiger partial charge in [-0.05, 0) is 66.6 Å². The maximum atomic E-state index is 12.4. The van der Waals surface area contributed by atoms with Gasteiger partial charge in [0, 0.05) is 26.0 Å². The Morgan fingerprint density at radius 3 is 2.31 bits per heavy atom. The second-order valence-corrected chi connectivity index (χ2v) is 11.4. The van der Waals surface area contributed by atoms with Crippen LogP contribution in [0.4, 0.5) is 0 Å². The van der Waals surface area contributed by atoms with E-state index in [2.05, 4.69) is 37.4 Å². The molecule has 0 aliphatic carbocycles. The summed E-state index contributed by atoms with van der Waals surface area (Å²) in [5.41, 5.74) is 2.04. The van der Waals surface area contributed by atoms with E-state index < -0.39 is 11.7 Å². The number of amides is 1. The van der Waals surface area contributed by atoms with Crippen LogP contribution in [0.25, 0.3) is 10.1 Å². The van der Waals surface area contributed by atoms with Gasteiger partial charge in [-0.25, -0.2) is 0 Å². The molecular weight excluding hydrogens is 474 g/mol. The number of ketones is 1. The largest absolute Gasteiger partial charge is 0.486 e. The Bertz CT molecular complexity index is 1230. The van der Waals surface area contributed by atoms with Gasteiger partial charge in [-0.3, -0.25) is 9.59 Å². The normalized spacial score (nSPS) is 12.2. The Morgan fingerprint density at radius 2 is 1.72 bits per heavy atom. The molecule has 0 aliphatic heterocycles. The molecule has 0 unspecified atom stereocenters. The van der Waals surface area contributed by atoms with Gasteiger partial charge in [0.05, 0.1) is 6.54 Å². The average Bonchev–Trinajstić information content (AvgIpc) is 3.26. The van der Waals surface area contributed by atoms with Gasteiger partial charge in [0.25, 0.3) is 5.91 Å². The Hall–Kier alpha value is -2.74. The fourth-order valence-corrected chi connectivity index (χ4v) is 5.72. The second kappa shape index (κ2) is 11.1. The van der Waals surface area contributed by atoms with Crippen molar-refractivity contribution in [3.8, 4) is 5.75 Å². The van der Waals surface area contributed by atoms with Crippen LogP contribution in [-0.4, -0.2) is 41.3 Å². The van der Waals surface area contributed by atoms with E-state index in [4.69, 9.17) is 14.9 Å². The molecule has 0 atom stereocenters. The minimum Gasteiger partial charge on any atom is -0.486 e. The van der Waals surface area contributed by atoms with Gasteiger partial charge in [-0.2, -0.15) is 0 Å². The first-order valence-corrected chi connectivity index (χ1v) is 13.2. The Morgan fingerprint density at radius 1 is 1.03 bits per heavy atom. The van der Waals surface area contributed by atoms with Crippen LogP contribution in [0.5, 0.6) is 5.75 Å². The molecule has 0 bridgehead atoms. The monoisotopic (exact) mass is 511 g/mol. The zero-order valence-electron chi connectivity index (χ0n) is 22.0. The van der Waals surface area contributed by atoms with Gasteiger partial charge < -0.3 is 20.3 Å². The molecule has 1 aromatic heterocycles. The lowest BCUT2D eigenvalue weighted by molar-refractivity contribution is -0.128. The summed E-state index contributed by atoms with van der Waals surface area (Å²) >= 11 is 1.73. The fourth-order valence-electron chi connectivity index (χ4n) is 4.32. The molecule has 3 aromatic rings. The lowest BCUT2D eigenvalue weighted by atomic mass is 9.74. The number of carbonyl (C=O) groups excluding carboxylic acids is 2. The lowest BCUT2D eigenvalue weighted by Gasteiger charge is -2.32. The number of aliphatic hydroxyl groups excluding tert-OH is 1. The first-order valence-electron chi connectivity index (χ1n) is 12.4. The van der Waals surface area contributed by atoms with Crippen molar-refractivity contribution in [2.75, 3.05) is 13.2 Å². The number of benzene rings is 2. The molecule has 0 saturated carbocycles. The number of Topliss-reactive ketones (excluding diaryl/α,β-unsaturated/α-hetero) is 1. The number of aliphatic hydroxyl groups is 2. The average molecular weight is 512 g/mol. The standard InChI is InChI=1S/C29H37NO5S/c1-7-29(8-2,21-10-11-22(18(3)13-21)35-17-24(31)28(4,5)6)25-15-20-14-19(9-12-23(20)36-25)27(34)30-16-26(32)33/h9-15,26,32-33H,7-8,16-17H2,1-6H3,(H,30,34). The van der Waals surface area contributed by atoms with Crippen LogP contribution < -0.4 is 10.1 Å². The second-order valence-electron chi connectivity index (χ2n) is 10.3. The van der Waals surface area contributed by atoms with E-state index in [0.717, 1.165) is 34.2 Å². The number of aryl methyl sites for hydroxylation is 1. The topological polar surface area (TPSA) is 95.9 Å². The molecule has 3 rings (SSSR count). The summed E-state index contributed by atoms with van der Waals surface area (Å²) in [6.45, 7) is 11.9. The summed E-state index contributed by atoms with van der Waals surface area (Å²) in [6.07, 6.45) is 0.222. The highest BCUT2D eigenvalue weighted by Gasteiger charge is 2.33. The maximum absolute atomic E-state index is 12.4. The smallest absolute Gasteiger partial charge is 0.251 e. The van der Waals surface area contributed by atoms with E-state index in [0.29, 0.717) is 5.56 Å². The highest BCUT2D eigenvalue weighted by atomic mass is 32.1. The van der Waals surface area contributed by atoms with E-state index >= 15 is 0 Å². The molecule has 3 N–H and O–H groups in total. The molecule has 0 radical (unpaired) electrons. The van der Waals surface area contributed by atoms with Crippen molar-refractivity contribution in [2.45, 2.75) is 66.1 Å². The van der Waals surface area contributed by atoms with Crippen LogP contribution in [0.15, 0.2) is 42.5 Å². The number of thiophene rings is 1. The minimum atomic E-state index is -1.58. The molecule has 7 heteroatoms. The summed E-state index contributed by atoms with van der Waals surface area (Å²) in [6, 6.07) is 13.9. The van der Waals surface area contributed by atoms with Crippen LogP contribution in [0.1, 0.15) is 73.8 Å². The SMILES string of the molecule is CCC(CC)(c1ccc(OCC(=O)C(C)(C)C)c(C)c1)c1cc2cc(C(=O)NCC(O)O)ccc2s1. The van der Waals surface area contributed by atoms with E-state index in [1.54, 1.807) is 17.4 Å². The Balaban J connectivity index is 1.92. The molecule has 194 valence electrons. The summed E-state index contributed by atoms with van der Waals surface area (Å²) in [5, 5.41) is 21.5. The van der Waals surface area contributed by atoms with Crippen LogP contribution in [-0.2, 0) is 10.2 Å². The van der Waals surface area contributed by atoms with Gasteiger partial charge in [0.2, 0.25) is 0 Å². The third kappa shape index (κ3) is 5.97. The number of nitrogens with one attached hydrogen (secondary N) is 1. The quantitative estimate of drug-likeness (QED) is 0.319. The van der Waals surface area contributed by atoms with E-state index in [1.165, 1.54) is 10.4 Å². The molecule has 1 heterocycles. The minimum absolute atomic E-state index is 0.0554. The molecule has 0 spiro atoms. The van der Waals surface area contributed by atoms with Crippen molar-refractivity contribution < 1.29 is 24.5 Å². The fraction of sp³-hybridized carbons (Fsp3) is 0.448. The predicted molar refractivity (Wildman–Crippen MR) is 145 cm³/mol. The third-order valence-electron chi connectivity index (χ3n) is 6.83. The molecule has 2 aromatic carbocycles. The number of rotatable bonds is 10. The van der Waals surface area contributed by atoms with Crippen molar-refractivity contribution in [3.05, 3.63) is 64.0 Å². The van der Waals surface area contributed by atoms with E-state index in [9.17, 15) is 9.59 Å². The van der Waals surface area contributed by atoms with Crippen molar-refractivity contribution in [2.24, 2.45) is 5.41 Å². The van der Waals surface area contributed by atoms with Crippen LogP contribution in [0.2, 0.25) is 0 Å². The number of hydrogen-bond donors (Lipinski definition) is 3. The zero-order chi connectivity index (χ0) is 26.7. The molecular formula is C29H37NO5S. The van der Waals surface area contributed by atoms with Crippen LogP contribution >= 0.6 is 11.3 Å². The van der Waals surface area contributed by atoms with Gasteiger partial charge in [0.1, 0.15) is 12.4 Å². The van der Waals surface area contributed by atoms with Gasteiger partial charge in [-0.15, -0.1) is 11.3 Å². The molecule has 6 nitrogen and oxygen atoms in total. The number of hydrogen-bond acceptors (Lipinski definition) is 6. The molecule has 36 heavy (non-hydrogen) atoms. The zero-order valence-corrected chi connectivity index (χ0v) is 22.8. The summed E-state index contributed by atoms with van der Waals surface area (Å²) in [7, 11) is 0. The maximum Gasteiger partial charge on any atom is 0.251 e. The molecule has 0 aliphatic rings. The van der Waals surface area contributed by atoms with E-state index in [-0.39, 0.29) is 30.3 Å². The Labute approximate surface area is 217 Å². The first kappa shape index (κ1) is 27.8. The van der Waals surface area contributed by atoms with Gasteiger partial charge in [-0.1, -0.05) is 46.8 Å². The van der Waals surface area contributed by atoms with Crippen LogP contribution in [0.3, 0.4) is 0 Å². The summed E-state index contributed by atoms with van der Waals surface area (Å²) in [5.74, 6) is 0.442. The number of carbonyl (C=O) groups is 2. The van der Waals surface area contributed by atoms with Crippen molar-refractivity contribution in [3.63, 3.8) is 0 Å². The number of ether oxygens (including phenoxy) is 1. The van der Waals surface area contributed by atoms with Gasteiger partial charge >= 0.3 is 0 Å². The third-order valence-corrected chi connectivity index (χ3v) is 8.15. The van der Waals surface area contributed by atoms with Crippen LogP contribution in [0, 0.1) is 12.3 Å². The van der Waals surface area contributed by atoms with Crippen molar-refractivity contribution in [1.82, 2.24) is 5.32 Å². The highest BCUT2D eigenvalue weighted by Crippen LogP contribution is 2.45. The van der Waals surface area contributed by atoms with Gasteiger partial charge in [0.15, 0.2) is 12.1 Å². The summed E-state index contributed by atoms with van der Waals surface area (Å²) < 4.78 is 6.96. The molecule has 1 amide bonds. The van der Waals surface area contributed by atoms with Crippen molar-refractivity contribution in [1.29, 1.82) is 0 Å². The van der Waals surface area contributed by atoms with Crippen molar-refractivity contribution >= 4 is 33.1 Å². The molecule has 0 saturated heterocycles. The lowest BCUT2D eigenvalue weighted by Crippen LogP contribution is -2.31. The molecule has 0 fully saturated rings. The Kier molecular flexibility index (Phi) is 8.59. The highest BCUT2D eigenvalue weighted by molar-refractivity contribution is 7.19. The van der Waals surface area contributed by atoms with E-state index in [1.807, 2.05) is 45.9 Å². The number of fused-ring (bicyclic) bond motifs is 1. The summed E-state index contributed by atoms with van der Waals surface area (Å²) in [4.78, 5) is 25.9.